The molecule has 6 amide bonds. The smallest absolute Gasteiger partial charge is 0.312 e. The van der Waals surface area contributed by atoms with Gasteiger partial charge in [-0.1, -0.05) is 27.7 Å². The first kappa shape index (κ1) is 31.7. The van der Waals surface area contributed by atoms with Crippen LogP contribution in [0.4, 0.5) is 4.79 Å². The Hall–Kier alpha value is -3.32. The predicted molar refractivity (Wildman–Crippen MR) is 133 cm³/mol. The number of nitrogens with zero attached hydrogens (tertiary/aromatic N) is 1. The summed E-state index contributed by atoms with van der Waals surface area (Å²) in [7, 11) is 0. The zero-order valence-electron chi connectivity index (χ0n) is 21.9. The molecule has 0 saturated carbocycles. The molecular weight excluding hydrogens is 486 g/mol. The number of nitrogens with one attached hydrogen (secondary N) is 3. The fraction of sp³-hybridized carbons (Fsp3) is 0.667. The molecule has 0 spiro atoms. The van der Waals surface area contributed by atoms with Gasteiger partial charge >= 0.3 is 6.03 Å². The Labute approximate surface area is 216 Å². The van der Waals surface area contributed by atoms with E-state index in [2.05, 4.69) is 16.0 Å². The molecule has 0 aliphatic carbocycles. The molecule has 0 aromatic rings. The third-order valence-corrected chi connectivity index (χ3v) is 5.43. The van der Waals surface area contributed by atoms with E-state index < -0.39 is 29.9 Å². The molecule has 13 heteroatoms. The summed E-state index contributed by atoms with van der Waals surface area (Å²) in [6.45, 7) is 7.46. The van der Waals surface area contributed by atoms with Crippen LogP contribution in [0, 0.1) is 11.8 Å². The van der Waals surface area contributed by atoms with Crippen LogP contribution in [0.5, 0.6) is 0 Å². The molecule has 1 heterocycles. The van der Waals surface area contributed by atoms with Crippen LogP contribution in [0.1, 0.15) is 40.5 Å². The Morgan fingerprint density at radius 1 is 0.946 bits per heavy atom. The van der Waals surface area contributed by atoms with Crippen molar-refractivity contribution >= 4 is 35.4 Å². The lowest BCUT2D eigenvalue weighted by Crippen LogP contribution is -2.54. The third-order valence-electron chi connectivity index (χ3n) is 5.43. The van der Waals surface area contributed by atoms with Crippen molar-refractivity contribution < 1.29 is 38.2 Å². The minimum absolute atomic E-state index is 0.0937. The van der Waals surface area contributed by atoms with Crippen LogP contribution >= 0.6 is 0 Å². The normalized spacial score (nSPS) is 14.7. The Morgan fingerprint density at radius 3 is 2.14 bits per heavy atom. The topological polar surface area (TPSA) is 186 Å². The van der Waals surface area contributed by atoms with Gasteiger partial charge in [0.25, 0.3) is 11.8 Å². The standard InChI is InChI=1S/C24H39N5O8/c1-15(2)21(23(34)27-17(22(33)16(3)4)6-5-9-26-24(25)35)28-18(30)14-37-13-12-36-11-10-29-19(31)7-8-20(29)32/h7-8,15-17,21H,5-6,9-14H2,1-4H3,(H,27,34)(H,28,30)(H3,25,26,35)/t17-,21?/m0/s1. The average molecular weight is 526 g/mol. The van der Waals surface area contributed by atoms with Crippen molar-refractivity contribution in [2.24, 2.45) is 17.6 Å². The van der Waals surface area contributed by atoms with Gasteiger partial charge in [-0.3, -0.25) is 28.9 Å². The largest absolute Gasteiger partial charge is 0.377 e. The Bertz CT molecular complexity index is 840. The van der Waals surface area contributed by atoms with Gasteiger partial charge in [0.15, 0.2) is 5.78 Å². The summed E-state index contributed by atoms with van der Waals surface area (Å²) in [6.07, 6.45) is 3.13. The van der Waals surface area contributed by atoms with Crippen LogP contribution in [0.2, 0.25) is 0 Å². The van der Waals surface area contributed by atoms with Crippen molar-refractivity contribution in [3.8, 4) is 0 Å². The van der Waals surface area contributed by atoms with E-state index in [-0.39, 0.29) is 69.0 Å². The van der Waals surface area contributed by atoms with Gasteiger partial charge in [-0.25, -0.2) is 4.79 Å². The van der Waals surface area contributed by atoms with E-state index in [9.17, 15) is 28.8 Å². The molecule has 0 aromatic carbocycles. The van der Waals surface area contributed by atoms with Crippen molar-refractivity contribution in [2.45, 2.75) is 52.6 Å². The maximum absolute atomic E-state index is 12.9. The Kier molecular flexibility index (Phi) is 14.1. The minimum atomic E-state index is -0.886. The number of carbonyl (C=O) groups is 6. The predicted octanol–water partition coefficient (Wildman–Crippen LogP) is -0.756. The Morgan fingerprint density at radius 2 is 1.57 bits per heavy atom. The highest BCUT2D eigenvalue weighted by Crippen LogP contribution is 2.09. The number of imide groups is 1. The zero-order valence-corrected chi connectivity index (χ0v) is 21.9. The number of hydrogen-bond donors (Lipinski definition) is 4. The first-order chi connectivity index (χ1) is 17.4. The van der Waals surface area contributed by atoms with E-state index in [0.29, 0.717) is 12.8 Å². The SMILES string of the molecule is CC(C)C(=O)[C@H](CCCNC(N)=O)NC(=O)C(NC(=O)COCCOCCN1C(=O)C=CC1=O)C(C)C. The van der Waals surface area contributed by atoms with Gasteiger partial charge in [0.2, 0.25) is 11.8 Å². The van der Waals surface area contributed by atoms with E-state index in [0.717, 1.165) is 4.90 Å². The fourth-order valence-electron chi connectivity index (χ4n) is 3.41. The van der Waals surface area contributed by atoms with E-state index in [4.69, 9.17) is 15.2 Å². The highest BCUT2D eigenvalue weighted by atomic mass is 16.5. The summed E-state index contributed by atoms with van der Waals surface area (Å²) < 4.78 is 10.6. The number of primary amides is 1. The number of ketones is 1. The average Bonchev–Trinajstić information content (AvgIpc) is 3.14. The van der Waals surface area contributed by atoms with Crippen molar-refractivity contribution in [3.05, 3.63) is 12.2 Å². The van der Waals surface area contributed by atoms with Crippen LogP contribution in [0.25, 0.3) is 0 Å². The summed E-state index contributed by atoms with van der Waals surface area (Å²) in [5.41, 5.74) is 5.04. The molecule has 1 aliphatic rings. The lowest BCUT2D eigenvalue weighted by atomic mass is 9.96. The number of amides is 6. The van der Waals surface area contributed by atoms with E-state index in [1.54, 1.807) is 27.7 Å². The van der Waals surface area contributed by atoms with Crippen molar-refractivity contribution in [2.75, 3.05) is 39.5 Å². The van der Waals surface area contributed by atoms with Crippen molar-refractivity contribution in [3.63, 3.8) is 0 Å². The summed E-state index contributed by atoms with van der Waals surface area (Å²) in [6, 6.07) is -2.32. The van der Waals surface area contributed by atoms with Gasteiger partial charge in [0, 0.05) is 24.6 Å². The zero-order chi connectivity index (χ0) is 28.0. The van der Waals surface area contributed by atoms with Gasteiger partial charge in [-0.2, -0.15) is 0 Å². The van der Waals surface area contributed by atoms with E-state index in [1.807, 2.05) is 0 Å². The summed E-state index contributed by atoms with van der Waals surface area (Å²) in [5.74, 6) is -2.50. The van der Waals surface area contributed by atoms with Crippen LogP contribution in [-0.4, -0.2) is 91.9 Å². The Balaban J connectivity index is 2.43. The van der Waals surface area contributed by atoms with Crippen LogP contribution in [0.3, 0.4) is 0 Å². The maximum Gasteiger partial charge on any atom is 0.312 e. The van der Waals surface area contributed by atoms with E-state index >= 15 is 0 Å². The van der Waals surface area contributed by atoms with Gasteiger partial charge in [-0.15, -0.1) is 0 Å². The second-order valence-electron chi connectivity index (χ2n) is 9.17. The highest BCUT2D eigenvalue weighted by molar-refractivity contribution is 6.12. The van der Waals surface area contributed by atoms with E-state index in [1.165, 1.54) is 12.2 Å². The maximum atomic E-state index is 12.9. The van der Waals surface area contributed by atoms with Gasteiger partial charge < -0.3 is 31.2 Å². The first-order valence-corrected chi connectivity index (χ1v) is 12.3. The molecule has 37 heavy (non-hydrogen) atoms. The number of carbonyl (C=O) groups excluding carboxylic acids is 6. The van der Waals surface area contributed by atoms with Crippen LogP contribution in [0.15, 0.2) is 12.2 Å². The van der Waals surface area contributed by atoms with Gasteiger partial charge in [0.1, 0.15) is 12.6 Å². The summed E-state index contributed by atoms with van der Waals surface area (Å²) in [4.78, 5) is 72.6. The monoisotopic (exact) mass is 525 g/mol. The van der Waals surface area contributed by atoms with Gasteiger partial charge in [0.05, 0.1) is 32.4 Å². The summed E-state index contributed by atoms with van der Waals surface area (Å²) >= 11 is 0. The molecule has 0 radical (unpaired) electrons. The third kappa shape index (κ3) is 12.0. The molecular formula is C24H39N5O8. The molecule has 0 aromatic heterocycles. The number of hydrogen-bond acceptors (Lipinski definition) is 8. The van der Waals surface area contributed by atoms with Crippen LogP contribution < -0.4 is 21.7 Å². The van der Waals surface area contributed by atoms with Crippen molar-refractivity contribution in [1.82, 2.24) is 20.9 Å². The molecule has 1 unspecified atom stereocenters. The summed E-state index contributed by atoms with van der Waals surface area (Å²) in [5, 5.41) is 7.80. The molecule has 5 N–H and O–H groups in total. The number of Topliss-reactive ketones (excluding diaryl/α,β-unsaturated/α-hetero) is 1. The lowest BCUT2D eigenvalue weighted by molar-refractivity contribution is -0.138. The first-order valence-electron chi connectivity index (χ1n) is 12.3. The molecule has 13 nitrogen and oxygen atoms in total. The number of nitrogens with two attached hydrogens (primary N) is 1. The molecule has 208 valence electrons. The lowest BCUT2D eigenvalue weighted by Gasteiger charge is -2.26. The quantitative estimate of drug-likeness (QED) is 0.133. The van der Waals surface area contributed by atoms with Gasteiger partial charge in [-0.05, 0) is 18.8 Å². The highest BCUT2D eigenvalue weighted by Gasteiger charge is 2.29. The number of urea groups is 1. The number of ether oxygens (including phenoxy) is 2. The van der Waals surface area contributed by atoms with Crippen LogP contribution in [-0.2, 0) is 33.4 Å². The van der Waals surface area contributed by atoms with Crippen molar-refractivity contribution in [1.29, 1.82) is 0 Å². The second kappa shape index (κ2) is 16.4. The number of rotatable bonds is 18. The second-order valence-corrected chi connectivity index (χ2v) is 9.17. The fourth-order valence-corrected chi connectivity index (χ4v) is 3.41. The molecule has 0 bridgehead atoms. The molecule has 2 atom stereocenters. The molecule has 1 aliphatic heterocycles. The molecule has 0 fully saturated rings. The molecule has 0 saturated heterocycles. The molecule has 1 rings (SSSR count). The minimum Gasteiger partial charge on any atom is -0.377 e.